The molecule has 0 saturated heterocycles. The van der Waals surface area contributed by atoms with Gasteiger partial charge in [0, 0.05) is 7.11 Å². The number of rotatable bonds is 9. The first-order chi connectivity index (χ1) is 7.61. The lowest BCUT2D eigenvalue weighted by Crippen LogP contribution is -2.29. The van der Waals surface area contributed by atoms with Crippen molar-refractivity contribution < 1.29 is 19.4 Å². The highest BCUT2D eigenvalue weighted by molar-refractivity contribution is 5.57. The number of carboxylic acid groups (broad SMARTS) is 1. The van der Waals surface area contributed by atoms with Gasteiger partial charge in [-0.1, -0.05) is 39.0 Å². The van der Waals surface area contributed by atoms with E-state index in [4.69, 9.17) is 9.84 Å². The second-order valence-electron chi connectivity index (χ2n) is 4.07. The van der Waals surface area contributed by atoms with E-state index < -0.39 is 12.3 Å². The summed E-state index contributed by atoms with van der Waals surface area (Å²) in [7, 11) is 1.60. The molecule has 0 amide bonds. The predicted molar refractivity (Wildman–Crippen MR) is 62.7 cm³/mol. The molecule has 0 spiro atoms. The Hall–Kier alpha value is -0.770. The third-order valence-corrected chi connectivity index (χ3v) is 2.71. The second-order valence-corrected chi connectivity index (χ2v) is 4.07. The van der Waals surface area contributed by atoms with E-state index >= 15 is 0 Å². The van der Waals surface area contributed by atoms with Crippen molar-refractivity contribution >= 4 is 6.16 Å². The number of unbranched alkanes of at least 4 members (excludes halogenated alkanes) is 4. The molecule has 0 aromatic rings. The van der Waals surface area contributed by atoms with Crippen LogP contribution in [0.4, 0.5) is 4.79 Å². The van der Waals surface area contributed by atoms with Gasteiger partial charge in [0.1, 0.15) is 6.10 Å². The van der Waals surface area contributed by atoms with E-state index in [1.807, 2.05) is 0 Å². The SMILES string of the molecule is CCCCCCCC(OC)C(C)OC(=O)O. The van der Waals surface area contributed by atoms with Crippen molar-refractivity contribution in [2.45, 2.75) is 64.6 Å². The van der Waals surface area contributed by atoms with E-state index in [-0.39, 0.29) is 6.10 Å². The van der Waals surface area contributed by atoms with Crippen LogP contribution >= 0.6 is 0 Å². The Morgan fingerprint density at radius 2 is 1.88 bits per heavy atom. The first kappa shape index (κ1) is 15.2. The minimum absolute atomic E-state index is 0.127. The van der Waals surface area contributed by atoms with Gasteiger partial charge < -0.3 is 14.6 Å². The highest BCUT2D eigenvalue weighted by atomic mass is 16.7. The molecule has 0 aliphatic heterocycles. The highest BCUT2D eigenvalue weighted by Crippen LogP contribution is 2.13. The van der Waals surface area contributed by atoms with Crippen LogP contribution in [-0.4, -0.2) is 30.6 Å². The molecular formula is C12H24O4. The van der Waals surface area contributed by atoms with Crippen LogP contribution in [-0.2, 0) is 9.47 Å². The zero-order valence-corrected chi connectivity index (χ0v) is 10.6. The molecule has 0 aromatic carbocycles. The van der Waals surface area contributed by atoms with Crippen LogP contribution in [0.3, 0.4) is 0 Å². The van der Waals surface area contributed by atoms with Gasteiger partial charge >= 0.3 is 6.16 Å². The average Bonchev–Trinajstić information content (AvgIpc) is 2.22. The third kappa shape index (κ3) is 7.51. The Kier molecular flexibility index (Phi) is 9.00. The fraction of sp³-hybridized carbons (Fsp3) is 0.917. The van der Waals surface area contributed by atoms with Gasteiger partial charge in [0.25, 0.3) is 0 Å². The van der Waals surface area contributed by atoms with Crippen molar-refractivity contribution in [2.24, 2.45) is 0 Å². The molecule has 0 aliphatic rings. The topological polar surface area (TPSA) is 55.8 Å². The molecule has 0 rings (SSSR count). The van der Waals surface area contributed by atoms with E-state index in [9.17, 15) is 4.79 Å². The van der Waals surface area contributed by atoms with Gasteiger partial charge in [0.15, 0.2) is 0 Å². The standard InChI is InChI=1S/C12H24O4/c1-4-5-6-7-8-9-11(15-3)10(2)16-12(13)14/h10-11H,4-9H2,1-3H3,(H,13,14). The van der Waals surface area contributed by atoms with Gasteiger partial charge in [-0.05, 0) is 13.3 Å². The fourth-order valence-electron chi connectivity index (χ4n) is 1.73. The van der Waals surface area contributed by atoms with E-state index in [2.05, 4.69) is 11.7 Å². The number of hydrogen-bond acceptors (Lipinski definition) is 3. The summed E-state index contributed by atoms with van der Waals surface area (Å²) >= 11 is 0. The van der Waals surface area contributed by atoms with Crippen molar-refractivity contribution in [1.82, 2.24) is 0 Å². The predicted octanol–water partition coefficient (Wildman–Crippen LogP) is 3.45. The lowest BCUT2D eigenvalue weighted by molar-refractivity contribution is -0.0338. The van der Waals surface area contributed by atoms with Crippen molar-refractivity contribution in [2.75, 3.05) is 7.11 Å². The van der Waals surface area contributed by atoms with Gasteiger partial charge in [0.2, 0.25) is 0 Å². The van der Waals surface area contributed by atoms with Gasteiger partial charge in [-0.15, -0.1) is 0 Å². The molecule has 0 aromatic heterocycles. The van der Waals surface area contributed by atoms with Crippen LogP contribution < -0.4 is 0 Å². The number of carbonyl (C=O) groups is 1. The smallest absolute Gasteiger partial charge is 0.450 e. The first-order valence-electron chi connectivity index (χ1n) is 6.04. The Labute approximate surface area is 97.9 Å². The summed E-state index contributed by atoms with van der Waals surface area (Å²) in [5, 5.41) is 8.49. The van der Waals surface area contributed by atoms with E-state index in [1.54, 1.807) is 14.0 Å². The Balaban J connectivity index is 3.69. The molecule has 2 atom stereocenters. The maximum absolute atomic E-state index is 10.4. The van der Waals surface area contributed by atoms with E-state index in [0.717, 1.165) is 12.8 Å². The molecule has 0 aliphatic carbocycles. The van der Waals surface area contributed by atoms with Gasteiger partial charge in [-0.25, -0.2) is 4.79 Å². The van der Waals surface area contributed by atoms with Gasteiger partial charge in [-0.2, -0.15) is 0 Å². The molecule has 96 valence electrons. The van der Waals surface area contributed by atoms with Crippen LogP contribution in [0, 0.1) is 0 Å². The van der Waals surface area contributed by atoms with Crippen LogP contribution in [0.2, 0.25) is 0 Å². The molecule has 0 radical (unpaired) electrons. The second kappa shape index (κ2) is 9.46. The Morgan fingerprint density at radius 1 is 1.25 bits per heavy atom. The van der Waals surface area contributed by atoms with Crippen molar-refractivity contribution in [3.05, 3.63) is 0 Å². The summed E-state index contributed by atoms with van der Waals surface area (Å²) in [6.45, 7) is 3.91. The van der Waals surface area contributed by atoms with Crippen LogP contribution in [0.15, 0.2) is 0 Å². The molecule has 0 saturated carbocycles. The maximum Gasteiger partial charge on any atom is 0.506 e. The summed E-state index contributed by atoms with van der Waals surface area (Å²) in [6, 6.07) is 0. The molecule has 16 heavy (non-hydrogen) atoms. The van der Waals surface area contributed by atoms with Crippen molar-refractivity contribution in [3.63, 3.8) is 0 Å². The van der Waals surface area contributed by atoms with Crippen molar-refractivity contribution in [3.8, 4) is 0 Å². The van der Waals surface area contributed by atoms with Gasteiger partial charge in [-0.3, -0.25) is 0 Å². The zero-order valence-electron chi connectivity index (χ0n) is 10.6. The molecular weight excluding hydrogens is 208 g/mol. The maximum atomic E-state index is 10.4. The Morgan fingerprint density at radius 3 is 2.38 bits per heavy atom. The zero-order chi connectivity index (χ0) is 12.4. The number of ether oxygens (including phenoxy) is 2. The summed E-state index contributed by atoms with van der Waals surface area (Å²) in [6.07, 6.45) is 5.06. The quantitative estimate of drug-likeness (QED) is 0.488. The monoisotopic (exact) mass is 232 g/mol. The molecule has 1 N–H and O–H groups in total. The molecule has 0 heterocycles. The summed E-state index contributed by atoms with van der Waals surface area (Å²) < 4.78 is 9.90. The molecule has 0 fully saturated rings. The largest absolute Gasteiger partial charge is 0.506 e. The average molecular weight is 232 g/mol. The lowest BCUT2D eigenvalue weighted by Gasteiger charge is -2.21. The third-order valence-electron chi connectivity index (χ3n) is 2.71. The van der Waals surface area contributed by atoms with Gasteiger partial charge in [0.05, 0.1) is 6.10 Å². The minimum Gasteiger partial charge on any atom is -0.450 e. The number of hydrogen-bond donors (Lipinski definition) is 1. The normalized spacial score (nSPS) is 14.4. The summed E-state index contributed by atoms with van der Waals surface area (Å²) in [4.78, 5) is 10.4. The summed E-state index contributed by atoms with van der Waals surface area (Å²) in [5.41, 5.74) is 0. The van der Waals surface area contributed by atoms with Crippen LogP contribution in [0.5, 0.6) is 0 Å². The lowest BCUT2D eigenvalue weighted by atomic mass is 10.1. The van der Waals surface area contributed by atoms with Crippen LogP contribution in [0.1, 0.15) is 52.4 Å². The summed E-state index contributed by atoms with van der Waals surface area (Å²) in [5.74, 6) is 0. The van der Waals surface area contributed by atoms with Crippen molar-refractivity contribution in [1.29, 1.82) is 0 Å². The number of methoxy groups -OCH3 is 1. The molecule has 4 nitrogen and oxygen atoms in total. The molecule has 0 bridgehead atoms. The highest BCUT2D eigenvalue weighted by Gasteiger charge is 2.19. The fourth-order valence-corrected chi connectivity index (χ4v) is 1.73. The Bertz CT molecular complexity index is 182. The van der Waals surface area contributed by atoms with E-state index in [1.165, 1.54) is 25.7 Å². The van der Waals surface area contributed by atoms with Crippen LogP contribution in [0.25, 0.3) is 0 Å². The first-order valence-corrected chi connectivity index (χ1v) is 6.04. The molecule has 2 unspecified atom stereocenters. The molecule has 4 heteroatoms. The van der Waals surface area contributed by atoms with E-state index in [0.29, 0.717) is 0 Å². The minimum atomic E-state index is -1.24.